The first-order valence-corrected chi connectivity index (χ1v) is 8.88. The summed E-state index contributed by atoms with van der Waals surface area (Å²) in [7, 11) is 3.34. The zero-order valence-corrected chi connectivity index (χ0v) is 15.6. The highest BCUT2D eigenvalue weighted by molar-refractivity contribution is 5.96. The number of hydrogen-bond acceptors (Lipinski definition) is 6. The Morgan fingerprint density at radius 1 is 1.15 bits per heavy atom. The van der Waals surface area contributed by atoms with Gasteiger partial charge in [0, 0.05) is 62.5 Å². The second-order valence-electron chi connectivity index (χ2n) is 7.27. The lowest BCUT2D eigenvalue weighted by Gasteiger charge is -2.23. The van der Waals surface area contributed by atoms with Crippen molar-refractivity contribution in [1.29, 1.82) is 0 Å². The highest BCUT2D eigenvalue weighted by atomic mass is 16.5. The van der Waals surface area contributed by atoms with Crippen LogP contribution < -0.4 is 9.64 Å². The molecule has 2 aromatic heterocycles. The summed E-state index contributed by atoms with van der Waals surface area (Å²) in [5, 5.41) is 4.19. The second kappa shape index (κ2) is 6.26. The molecule has 8 nitrogen and oxygen atoms in total. The molecule has 8 heteroatoms. The maximum Gasteiger partial charge on any atom is 0.260 e. The zero-order valence-electron chi connectivity index (χ0n) is 15.6. The number of anilines is 1. The van der Waals surface area contributed by atoms with E-state index >= 15 is 0 Å². The standard InChI is InChI=1S/C18H24N6O2/c1-11-12(2)19-10-20-16(11)23-5-13-7-24(8-14(13)6-23)18(25)15-9-22(3)21-17(15)26-4/h9-10,13-14H,5-8H2,1-4H3. The van der Waals surface area contributed by atoms with Gasteiger partial charge in [-0.05, 0) is 13.8 Å². The first kappa shape index (κ1) is 16.8. The van der Waals surface area contributed by atoms with Crippen molar-refractivity contribution in [2.24, 2.45) is 18.9 Å². The van der Waals surface area contributed by atoms with Crippen LogP contribution in [0, 0.1) is 25.7 Å². The van der Waals surface area contributed by atoms with Crippen LogP contribution in [0.5, 0.6) is 5.88 Å². The molecule has 2 unspecified atom stereocenters. The number of rotatable bonds is 3. The number of aryl methyl sites for hydroxylation is 2. The summed E-state index contributed by atoms with van der Waals surface area (Å²) in [6, 6.07) is 0. The van der Waals surface area contributed by atoms with Gasteiger partial charge in [0.2, 0.25) is 5.88 Å². The van der Waals surface area contributed by atoms with Crippen molar-refractivity contribution in [2.75, 3.05) is 38.2 Å². The average molecular weight is 356 g/mol. The number of methoxy groups -OCH3 is 1. The maximum absolute atomic E-state index is 12.9. The van der Waals surface area contributed by atoms with E-state index in [9.17, 15) is 4.79 Å². The number of carbonyl (C=O) groups excluding carboxylic acids is 1. The van der Waals surface area contributed by atoms with E-state index in [1.807, 2.05) is 11.8 Å². The van der Waals surface area contributed by atoms with Crippen LogP contribution in [0.25, 0.3) is 0 Å². The summed E-state index contributed by atoms with van der Waals surface area (Å²) in [6.45, 7) is 7.47. The molecule has 1 amide bonds. The number of aromatic nitrogens is 4. The van der Waals surface area contributed by atoms with Crippen LogP contribution in [-0.2, 0) is 7.05 Å². The van der Waals surface area contributed by atoms with E-state index in [4.69, 9.17) is 4.74 Å². The average Bonchev–Trinajstić information content (AvgIpc) is 3.29. The summed E-state index contributed by atoms with van der Waals surface area (Å²) in [4.78, 5) is 25.9. The van der Waals surface area contributed by atoms with Gasteiger partial charge in [0.05, 0.1) is 7.11 Å². The quantitative estimate of drug-likeness (QED) is 0.818. The van der Waals surface area contributed by atoms with Crippen LogP contribution >= 0.6 is 0 Å². The van der Waals surface area contributed by atoms with Gasteiger partial charge in [-0.2, -0.15) is 0 Å². The minimum Gasteiger partial charge on any atom is -0.479 e. The van der Waals surface area contributed by atoms with Gasteiger partial charge < -0.3 is 14.5 Å². The minimum absolute atomic E-state index is 0.00459. The lowest BCUT2D eigenvalue weighted by atomic mass is 10.0. The van der Waals surface area contributed by atoms with E-state index in [1.54, 1.807) is 31.4 Å². The summed E-state index contributed by atoms with van der Waals surface area (Å²) >= 11 is 0. The van der Waals surface area contributed by atoms with E-state index in [-0.39, 0.29) is 5.91 Å². The van der Waals surface area contributed by atoms with E-state index in [2.05, 4.69) is 26.9 Å². The fraction of sp³-hybridized carbons (Fsp3) is 0.556. The van der Waals surface area contributed by atoms with Crippen LogP contribution in [-0.4, -0.2) is 63.8 Å². The highest BCUT2D eigenvalue weighted by Gasteiger charge is 2.43. The van der Waals surface area contributed by atoms with E-state index < -0.39 is 0 Å². The van der Waals surface area contributed by atoms with Gasteiger partial charge in [0.25, 0.3) is 5.91 Å². The normalized spacial score (nSPS) is 22.0. The number of ether oxygens (including phenoxy) is 1. The molecule has 138 valence electrons. The zero-order chi connectivity index (χ0) is 18.4. The molecule has 26 heavy (non-hydrogen) atoms. The molecule has 4 rings (SSSR count). The largest absolute Gasteiger partial charge is 0.479 e. The first-order chi connectivity index (χ1) is 12.5. The Labute approximate surface area is 152 Å². The summed E-state index contributed by atoms with van der Waals surface area (Å²) in [5.41, 5.74) is 2.70. The van der Waals surface area contributed by atoms with Gasteiger partial charge in [0.1, 0.15) is 17.7 Å². The van der Waals surface area contributed by atoms with Crippen LogP contribution in [0.15, 0.2) is 12.5 Å². The number of amides is 1. The molecule has 2 saturated heterocycles. The molecule has 2 aliphatic heterocycles. The molecule has 0 aliphatic carbocycles. The molecule has 0 saturated carbocycles. The number of hydrogen-bond donors (Lipinski definition) is 0. The Bertz CT molecular complexity index is 834. The third-order valence-corrected chi connectivity index (χ3v) is 5.60. The maximum atomic E-state index is 12.9. The summed E-state index contributed by atoms with van der Waals surface area (Å²) < 4.78 is 6.85. The molecule has 2 aromatic rings. The number of nitrogens with zero attached hydrogens (tertiary/aromatic N) is 6. The predicted molar refractivity (Wildman–Crippen MR) is 96.4 cm³/mol. The van der Waals surface area contributed by atoms with E-state index in [0.29, 0.717) is 23.3 Å². The van der Waals surface area contributed by atoms with E-state index in [0.717, 1.165) is 43.3 Å². The number of likely N-dealkylation sites (tertiary alicyclic amines) is 1. The highest BCUT2D eigenvalue weighted by Crippen LogP contribution is 2.35. The molecular formula is C18H24N6O2. The molecule has 4 heterocycles. The predicted octanol–water partition coefficient (Wildman–Crippen LogP) is 1.04. The third-order valence-electron chi connectivity index (χ3n) is 5.60. The van der Waals surface area contributed by atoms with E-state index in [1.165, 1.54) is 0 Å². The molecule has 2 fully saturated rings. The lowest BCUT2D eigenvalue weighted by Crippen LogP contribution is -2.33. The van der Waals surface area contributed by atoms with Gasteiger partial charge in [-0.15, -0.1) is 5.10 Å². The summed E-state index contributed by atoms with van der Waals surface area (Å²) in [6.07, 6.45) is 3.37. The first-order valence-electron chi connectivity index (χ1n) is 8.88. The topological polar surface area (TPSA) is 76.4 Å². The molecule has 2 atom stereocenters. The van der Waals surface area contributed by atoms with Crippen molar-refractivity contribution in [1.82, 2.24) is 24.6 Å². The van der Waals surface area contributed by atoms with Crippen LogP contribution in [0.1, 0.15) is 21.6 Å². The Kier molecular flexibility index (Phi) is 4.05. The monoisotopic (exact) mass is 356 g/mol. The van der Waals surface area contributed by atoms with Crippen molar-refractivity contribution in [3.8, 4) is 5.88 Å². The minimum atomic E-state index is 0.00459. The van der Waals surface area contributed by atoms with Crippen molar-refractivity contribution in [3.63, 3.8) is 0 Å². The Hall–Kier alpha value is -2.64. The molecule has 0 spiro atoms. The van der Waals surface area contributed by atoms with Crippen molar-refractivity contribution >= 4 is 11.7 Å². The van der Waals surface area contributed by atoms with Gasteiger partial charge in [-0.1, -0.05) is 0 Å². The van der Waals surface area contributed by atoms with Crippen LogP contribution in [0.3, 0.4) is 0 Å². The van der Waals surface area contributed by atoms with Crippen molar-refractivity contribution in [2.45, 2.75) is 13.8 Å². The second-order valence-corrected chi connectivity index (χ2v) is 7.27. The number of carbonyl (C=O) groups is 1. The van der Waals surface area contributed by atoms with Gasteiger partial charge >= 0.3 is 0 Å². The van der Waals surface area contributed by atoms with Crippen LogP contribution in [0.4, 0.5) is 5.82 Å². The Morgan fingerprint density at radius 2 is 1.85 bits per heavy atom. The van der Waals surface area contributed by atoms with Gasteiger partial charge in [-0.3, -0.25) is 9.48 Å². The van der Waals surface area contributed by atoms with Gasteiger partial charge in [-0.25, -0.2) is 9.97 Å². The van der Waals surface area contributed by atoms with Crippen molar-refractivity contribution in [3.05, 3.63) is 29.3 Å². The van der Waals surface area contributed by atoms with Gasteiger partial charge in [0.15, 0.2) is 0 Å². The van der Waals surface area contributed by atoms with Crippen LogP contribution in [0.2, 0.25) is 0 Å². The van der Waals surface area contributed by atoms with Crippen molar-refractivity contribution < 1.29 is 9.53 Å². The SMILES string of the molecule is COc1nn(C)cc1C(=O)N1CC2CN(c3ncnc(C)c3C)CC2C1. The Balaban J connectivity index is 1.46. The molecular weight excluding hydrogens is 332 g/mol. The smallest absolute Gasteiger partial charge is 0.260 e. The molecule has 2 aliphatic rings. The molecule has 0 aromatic carbocycles. The fourth-order valence-electron chi connectivity index (χ4n) is 4.11. The lowest BCUT2D eigenvalue weighted by molar-refractivity contribution is 0.0779. The molecule has 0 radical (unpaired) electrons. The summed E-state index contributed by atoms with van der Waals surface area (Å²) in [5.74, 6) is 2.36. The molecule has 0 N–H and O–H groups in total. The number of fused-ring (bicyclic) bond motifs is 1. The molecule has 0 bridgehead atoms. The third kappa shape index (κ3) is 2.69. The fourth-order valence-corrected chi connectivity index (χ4v) is 4.11. The Morgan fingerprint density at radius 3 is 2.50 bits per heavy atom.